The lowest BCUT2D eigenvalue weighted by Gasteiger charge is -2.29. The van der Waals surface area contributed by atoms with Crippen molar-refractivity contribution in [1.82, 2.24) is 9.88 Å². The molecule has 3 rings (SSSR count). The van der Waals surface area contributed by atoms with Gasteiger partial charge in [0.15, 0.2) is 0 Å². The van der Waals surface area contributed by atoms with E-state index in [0.717, 1.165) is 31.7 Å². The number of hydrogen-bond donors (Lipinski definition) is 0. The highest BCUT2D eigenvalue weighted by Gasteiger charge is 2.28. The minimum Gasteiger partial charge on any atom is -0.447 e. The van der Waals surface area contributed by atoms with Crippen molar-refractivity contribution in [3.63, 3.8) is 0 Å². The first-order chi connectivity index (χ1) is 13.1. The second-order valence-electron chi connectivity index (χ2n) is 7.50. The largest absolute Gasteiger partial charge is 0.447 e. The minimum absolute atomic E-state index is 0.0814. The van der Waals surface area contributed by atoms with Gasteiger partial charge < -0.3 is 14.5 Å². The number of aromatic nitrogens is 1. The lowest BCUT2D eigenvalue weighted by Crippen LogP contribution is -2.36. The summed E-state index contributed by atoms with van der Waals surface area (Å²) in [6.45, 7) is 13.6. The maximum atomic E-state index is 12.4. The first-order valence-corrected chi connectivity index (χ1v) is 10.8. The molecule has 2 aliphatic heterocycles. The quantitative estimate of drug-likeness (QED) is 0.746. The molecule has 0 saturated carbocycles. The van der Waals surface area contributed by atoms with Gasteiger partial charge in [0.2, 0.25) is 0 Å². The van der Waals surface area contributed by atoms with Crippen LogP contribution in [0.25, 0.3) is 0 Å². The summed E-state index contributed by atoms with van der Waals surface area (Å²) in [4.78, 5) is 21.7. The summed E-state index contributed by atoms with van der Waals surface area (Å²) in [7, 11) is 0. The standard InChI is InChI=1S/C20H31N3O2.C2H6/c1-4-16-14-23(20(24)25-15(2)3)13-10-17-8-9-18(21-19(16)17)22-11-6-5-7-12-22;1-2/h8-9,15-16H,4-7,10-14H2,1-3H3;1-2H3/t16-;/m0./s1. The van der Waals surface area contributed by atoms with E-state index in [0.29, 0.717) is 13.1 Å². The van der Waals surface area contributed by atoms with E-state index >= 15 is 0 Å². The van der Waals surface area contributed by atoms with Crippen LogP contribution in [0.15, 0.2) is 12.1 Å². The molecule has 5 heteroatoms. The molecule has 0 aromatic carbocycles. The van der Waals surface area contributed by atoms with Gasteiger partial charge in [-0.15, -0.1) is 0 Å². The first kappa shape index (κ1) is 21.5. The smallest absolute Gasteiger partial charge is 0.410 e. The molecule has 0 bridgehead atoms. The molecule has 0 spiro atoms. The van der Waals surface area contributed by atoms with E-state index in [9.17, 15) is 4.79 Å². The van der Waals surface area contributed by atoms with Crippen molar-refractivity contribution in [2.24, 2.45) is 0 Å². The third-order valence-electron chi connectivity index (χ3n) is 5.24. The van der Waals surface area contributed by atoms with Gasteiger partial charge in [-0.3, -0.25) is 0 Å². The van der Waals surface area contributed by atoms with E-state index in [1.165, 1.54) is 30.5 Å². The molecule has 1 aromatic rings. The molecule has 0 aliphatic carbocycles. The predicted octanol–water partition coefficient (Wildman–Crippen LogP) is 4.99. The Hall–Kier alpha value is -1.78. The number of nitrogens with zero attached hydrogens (tertiary/aromatic N) is 3. The van der Waals surface area contributed by atoms with Crippen molar-refractivity contribution in [3.05, 3.63) is 23.4 Å². The van der Waals surface area contributed by atoms with Gasteiger partial charge in [0.25, 0.3) is 0 Å². The van der Waals surface area contributed by atoms with E-state index in [1.54, 1.807) is 0 Å². The molecule has 1 saturated heterocycles. The molecule has 0 radical (unpaired) electrons. The highest BCUT2D eigenvalue weighted by molar-refractivity contribution is 5.68. The summed E-state index contributed by atoms with van der Waals surface area (Å²) in [5, 5.41) is 0. The number of carbonyl (C=O) groups excluding carboxylic acids is 1. The second-order valence-corrected chi connectivity index (χ2v) is 7.50. The average molecular weight is 376 g/mol. The molecule has 3 heterocycles. The summed E-state index contributed by atoms with van der Waals surface area (Å²) < 4.78 is 5.41. The van der Waals surface area contributed by atoms with Gasteiger partial charge in [0, 0.05) is 32.1 Å². The summed E-state index contributed by atoms with van der Waals surface area (Å²) in [5.74, 6) is 1.39. The van der Waals surface area contributed by atoms with Gasteiger partial charge in [-0.2, -0.15) is 0 Å². The average Bonchev–Trinajstić information content (AvgIpc) is 2.88. The first-order valence-electron chi connectivity index (χ1n) is 10.8. The third kappa shape index (κ3) is 5.60. The summed E-state index contributed by atoms with van der Waals surface area (Å²) in [6.07, 6.45) is 5.39. The van der Waals surface area contributed by atoms with Crippen molar-refractivity contribution >= 4 is 11.9 Å². The van der Waals surface area contributed by atoms with Crippen LogP contribution in [0, 0.1) is 0 Å². The molecule has 2 aliphatic rings. The van der Waals surface area contributed by atoms with Crippen molar-refractivity contribution in [2.75, 3.05) is 31.1 Å². The van der Waals surface area contributed by atoms with Crippen LogP contribution < -0.4 is 4.90 Å². The fraction of sp³-hybridized carbons (Fsp3) is 0.727. The molecule has 1 atom stereocenters. The van der Waals surface area contributed by atoms with Crippen molar-refractivity contribution in [1.29, 1.82) is 0 Å². The number of pyridine rings is 1. The lowest BCUT2D eigenvalue weighted by molar-refractivity contribution is 0.0759. The number of carbonyl (C=O) groups is 1. The van der Waals surface area contributed by atoms with Crippen LogP contribution in [0.5, 0.6) is 0 Å². The van der Waals surface area contributed by atoms with E-state index in [-0.39, 0.29) is 18.1 Å². The van der Waals surface area contributed by atoms with Crippen LogP contribution >= 0.6 is 0 Å². The Morgan fingerprint density at radius 2 is 1.89 bits per heavy atom. The van der Waals surface area contributed by atoms with Crippen molar-refractivity contribution < 1.29 is 9.53 Å². The molecule has 1 amide bonds. The number of amides is 1. The number of piperidine rings is 1. The number of hydrogen-bond acceptors (Lipinski definition) is 4. The van der Waals surface area contributed by atoms with Crippen LogP contribution in [0.2, 0.25) is 0 Å². The zero-order chi connectivity index (χ0) is 19.8. The fourth-order valence-corrected chi connectivity index (χ4v) is 3.82. The van der Waals surface area contributed by atoms with E-state index < -0.39 is 0 Å². The Morgan fingerprint density at radius 1 is 1.19 bits per heavy atom. The monoisotopic (exact) mass is 375 g/mol. The highest BCUT2D eigenvalue weighted by atomic mass is 16.6. The molecular weight excluding hydrogens is 338 g/mol. The van der Waals surface area contributed by atoms with Crippen molar-refractivity contribution in [3.8, 4) is 0 Å². The highest BCUT2D eigenvalue weighted by Crippen LogP contribution is 2.30. The Bertz CT molecular complexity index is 597. The Balaban J connectivity index is 0.00000126. The Labute approximate surface area is 165 Å². The summed E-state index contributed by atoms with van der Waals surface area (Å²) in [5.41, 5.74) is 2.47. The van der Waals surface area contributed by atoms with Gasteiger partial charge in [-0.25, -0.2) is 9.78 Å². The summed E-state index contributed by atoms with van der Waals surface area (Å²) in [6, 6.07) is 4.39. The number of fused-ring (bicyclic) bond motifs is 1. The lowest BCUT2D eigenvalue weighted by atomic mass is 9.97. The fourth-order valence-electron chi connectivity index (χ4n) is 3.82. The maximum Gasteiger partial charge on any atom is 0.410 e. The molecule has 0 unspecified atom stereocenters. The molecular formula is C22H37N3O2. The van der Waals surface area contributed by atoms with Gasteiger partial charge >= 0.3 is 6.09 Å². The molecule has 1 fully saturated rings. The van der Waals surface area contributed by atoms with E-state index in [1.807, 2.05) is 32.6 Å². The van der Waals surface area contributed by atoms with Crippen LogP contribution in [-0.2, 0) is 11.2 Å². The van der Waals surface area contributed by atoms with E-state index in [2.05, 4.69) is 24.0 Å². The van der Waals surface area contributed by atoms with Gasteiger partial charge in [0.05, 0.1) is 11.8 Å². The van der Waals surface area contributed by atoms with Crippen molar-refractivity contribution in [2.45, 2.75) is 78.7 Å². The Kier molecular flexibility index (Phi) is 8.39. The number of rotatable bonds is 3. The van der Waals surface area contributed by atoms with Crippen LogP contribution in [0.3, 0.4) is 0 Å². The second kappa shape index (κ2) is 10.5. The SMILES string of the molecule is CC.CC[C@H]1CN(C(=O)OC(C)C)CCc2ccc(N3CCCCC3)nc21. The number of anilines is 1. The third-order valence-corrected chi connectivity index (χ3v) is 5.24. The maximum absolute atomic E-state index is 12.4. The van der Waals surface area contributed by atoms with Crippen LogP contribution in [0.1, 0.15) is 77.5 Å². The zero-order valence-corrected chi connectivity index (χ0v) is 17.8. The molecule has 152 valence electrons. The number of ether oxygens (including phenoxy) is 1. The van der Waals surface area contributed by atoms with E-state index in [4.69, 9.17) is 9.72 Å². The molecule has 0 N–H and O–H groups in total. The Morgan fingerprint density at radius 3 is 2.52 bits per heavy atom. The predicted molar refractivity (Wildman–Crippen MR) is 112 cm³/mol. The molecule has 1 aromatic heterocycles. The normalized spacial score (nSPS) is 19.7. The van der Waals surface area contributed by atoms with Gasteiger partial charge in [-0.05, 0) is 57.6 Å². The van der Waals surface area contributed by atoms with Gasteiger partial charge in [-0.1, -0.05) is 26.8 Å². The van der Waals surface area contributed by atoms with Gasteiger partial charge in [0.1, 0.15) is 5.82 Å². The van der Waals surface area contributed by atoms with Crippen LogP contribution in [-0.4, -0.2) is 48.3 Å². The molecule has 5 nitrogen and oxygen atoms in total. The summed E-state index contributed by atoms with van der Waals surface area (Å²) >= 11 is 0. The topological polar surface area (TPSA) is 45.7 Å². The zero-order valence-electron chi connectivity index (χ0n) is 17.8. The van der Waals surface area contributed by atoms with Crippen LogP contribution in [0.4, 0.5) is 10.6 Å². The minimum atomic E-state index is -0.197. The molecule has 27 heavy (non-hydrogen) atoms.